The van der Waals surface area contributed by atoms with Crippen LogP contribution in [0.1, 0.15) is 31.7 Å². The van der Waals surface area contributed by atoms with Gasteiger partial charge in [0.2, 0.25) is 0 Å². The lowest BCUT2D eigenvalue weighted by atomic mass is 10.2. The van der Waals surface area contributed by atoms with E-state index in [1.54, 1.807) is 31.5 Å². The fraction of sp³-hybridized carbons (Fsp3) is 0.316. The first-order chi connectivity index (χ1) is 12.1. The van der Waals surface area contributed by atoms with Crippen molar-refractivity contribution in [3.05, 3.63) is 52.0 Å². The largest absolute Gasteiger partial charge is 0.493 e. The molecule has 0 amide bonds. The summed E-state index contributed by atoms with van der Waals surface area (Å²) < 4.78 is 11.2. The summed E-state index contributed by atoms with van der Waals surface area (Å²) in [6.45, 7) is 2.86. The lowest BCUT2D eigenvalue weighted by molar-refractivity contribution is 0.286. The maximum absolute atomic E-state index is 5.97. The van der Waals surface area contributed by atoms with Crippen molar-refractivity contribution in [2.45, 2.75) is 26.2 Å². The van der Waals surface area contributed by atoms with Gasteiger partial charge in [0, 0.05) is 0 Å². The van der Waals surface area contributed by atoms with Crippen molar-refractivity contribution in [1.29, 1.82) is 0 Å². The minimum absolute atomic E-state index is 0.480. The minimum atomic E-state index is 0.480. The van der Waals surface area contributed by atoms with Gasteiger partial charge in [-0.2, -0.15) is 5.10 Å². The van der Waals surface area contributed by atoms with Crippen molar-refractivity contribution >= 4 is 35.1 Å². The predicted molar refractivity (Wildman–Crippen MR) is 106 cm³/mol. The fourth-order valence-electron chi connectivity index (χ4n) is 2.16. The molecule has 0 atom stereocenters. The zero-order valence-corrected chi connectivity index (χ0v) is 15.9. The van der Waals surface area contributed by atoms with Gasteiger partial charge in [0.15, 0.2) is 11.5 Å². The van der Waals surface area contributed by atoms with Crippen LogP contribution in [0.15, 0.2) is 41.5 Å². The number of nitrogens with zero attached hydrogens (tertiary/aromatic N) is 1. The molecule has 4 nitrogen and oxygen atoms in total. The monoisotopic (exact) mass is 380 g/mol. The van der Waals surface area contributed by atoms with E-state index in [0.717, 1.165) is 29.8 Å². The van der Waals surface area contributed by atoms with Crippen LogP contribution in [0.3, 0.4) is 0 Å². The summed E-state index contributed by atoms with van der Waals surface area (Å²) in [5.41, 5.74) is 4.57. The smallest absolute Gasteiger partial charge is 0.161 e. The molecular formula is C19H22Cl2N2O2. The van der Waals surface area contributed by atoms with Gasteiger partial charge in [-0.05, 0) is 48.4 Å². The number of halogens is 2. The van der Waals surface area contributed by atoms with Crippen LogP contribution in [-0.2, 0) is 0 Å². The fourth-order valence-corrected chi connectivity index (χ4v) is 2.46. The molecule has 0 saturated heterocycles. The van der Waals surface area contributed by atoms with Gasteiger partial charge < -0.3 is 9.47 Å². The van der Waals surface area contributed by atoms with E-state index in [0.29, 0.717) is 22.4 Å². The Morgan fingerprint density at radius 3 is 2.60 bits per heavy atom. The Balaban J connectivity index is 1.98. The highest BCUT2D eigenvalue weighted by Crippen LogP contribution is 2.28. The third-order valence-electron chi connectivity index (χ3n) is 3.52. The van der Waals surface area contributed by atoms with Crippen molar-refractivity contribution in [2.24, 2.45) is 5.10 Å². The number of unbranched alkanes of at least 4 members (excludes halogenated alkanes) is 2. The van der Waals surface area contributed by atoms with Crippen molar-refractivity contribution in [3.63, 3.8) is 0 Å². The second-order valence-corrected chi connectivity index (χ2v) is 6.28. The normalized spacial score (nSPS) is 10.9. The van der Waals surface area contributed by atoms with Crippen molar-refractivity contribution < 1.29 is 9.47 Å². The number of hydrazone groups is 1. The lowest BCUT2D eigenvalue weighted by Gasteiger charge is -2.11. The Bertz CT molecular complexity index is 721. The highest BCUT2D eigenvalue weighted by atomic mass is 35.5. The number of ether oxygens (including phenoxy) is 2. The molecular weight excluding hydrogens is 359 g/mol. The van der Waals surface area contributed by atoms with Gasteiger partial charge in [0.05, 0.1) is 35.7 Å². The summed E-state index contributed by atoms with van der Waals surface area (Å²) in [6, 6.07) is 10.9. The molecule has 0 spiro atoms. The lowest BCUT2D eigenvalue weighted by Crippen LogP contribution is -2.00. The third kappa shape index (κ3) is 6.15. The van der Waals surface area contributed by atoms with Gasteiger partial charge in [-0.1, -0.05) is 43.0 Å². The molecule has 0 aliphatic carbocycles. The number of methoxy groups -OCH3 is 1. The van der Waals surface area contributed by atoms with Gasteiger partial charge in [-0.25, -0.2) is 0 Å². The standard InChI is InChI=1S/C19H22Cl2N2O2/c1-3-4-5-10-25-18-9-6-14(11-19(18)24-2)13-22-23-15-7-8-16(20)17(21)12-15/h6-9,11-13,23H,3-5,10H2,1-2H3. The minimum Gasteiger partial charge on any atom is -0.493 e. The van der Waals surface area contributed by atoms with Crippen LogP contribution in [0.5, 0.6) is 11.5 Å². The first-order valence-corrected chi connectivity index (χ1v) is 8.94. The SMILES string of the molecule is CCCCCOc1ccc(C=NNc2ccc(Cl)c(Cl)c2)cc1OC. The molecule has 0 saturated carbocycles. The van der Waals surface area contributed by atoms with E-state index in [4.69, 9.17) is 32.7 Å². The molecule has 0 fully saturated rings. The molecule has 2 aromatic carbocycles. The van der Waals surface area contributed by atoms with E-state index in [9.17, 15) is 0 Å². The Morgan fingerprint density at radius 2 is 1.88 bits per heavy atom. The first kappa shape index (κ1) is 19.4. The highest BCUT2D eigenvalue weighted by molar-refractivity contribution is 6.42. The third-order valence-corrected chi connectivity index (χ3v) is 4.26. The molecule has 0 unspecified atom stereocenters. The molecule has 25 heavy (non-hydrogen) atoms. The number of anilines is 1. The summed E-state index contributed by atoms with van der Waals surface area (Å²) >= 11 is 11.9. The Labute approximate surface area is 158 Å². The van der Waals surface area contributed by atoms with Gasteiger partial charge in [0.25, 0.3) is 0 Å². The summed E-state index contributed by atoms with van der Waals surface area (Å²) in [4.78, 5) is 0. The number of hydrogen-bond acceptors (Lipinski definition) is 4. The number of benzene rings is 2. The molecule has 0 bridgehead atoms. The molecule has 0 aliphatic heterocycles. The maximum Gasteiger partial charge on any atom is 0.161 e. The van der Waals surface area contributed by atoms with Crippen LogP contribution in [0.25, 0.3) is 0 Å². The molecule has 2 rings (SSSR count). The van der Waals surface area contributed by atoms with Crippen LogP contribution in [-0.4, -0.2) is 19.9 Å². The molecule has 2 aromatic rings. The summed E-state index contributed by atoms with van der Waals surface area (Å²) in [6.07, 6.45) is 5.07. The van der Waals surface area contributed by atoms with Crippen molar-refractivity contribution in [1.82, 2.24) is 0 Å². The van der Waals surface area contributed by atoms with Gasteiger partial charge in [-0.15, -0.1) is 0 Å². The average molecular weight is 381 g/mol. The Morgan fingerprint density at radius 1 is 1.04 bits per heavy atom. The van der Waals surface area contributed by atoms with Gasteiger partial charge in [0.1, 0.15) is 0 Å². The number of hydrogen-bond donors (Lipinski definition) is 1. The van der Waals surface area contributed by atoms with Crippen LogP contribution in [0, 0.1) is 0 Å². The molecule has 0 radical (unpaired) electrons. The number of nitrogens with one attached hydrogen (secondary N) is 1. The van der Waals surface area contributed by atoms with E-state index >= 15 is 0 Å². The maximum atomic E-state index is 5.97. The second kappa shape index (κ2) is 10.2. The summed E-state index contributed by atoms with van der Waals surface area (Å²) in [5.74, 6) is 1.43. The Hall–Kier alpha value is -1.91. The topological polar surface area (TPSA) is 42.8 Å². The van der Waals surface area contributed by atoms with Gasteiger partial charge >= 0.3 is 0 Å². The summed E-state index contributed by atoms with van der Waals surface area (Å²) in [5, 5.41) is 5.19. The molecule has 0 aliphatic rings. The quantitative estimate of drug-likeness (QED) is 0.328. The first-order valence-electron chi connectivity index (χ1n) is 8.19. The van der Waals surface area contributed by atoms with Crippen LogP contribution in [0.2, 0.25) is 10.0 Å². The molecule has 134 valence electrons. The zero-order valence-electron chi connectivity index (χ0n) is 14.4. The van der Waals surface area contributed by atoms with Crippen LogP contribution < -0.4 is 14.9 Å². The van der Waals surface area contributed by atoms with Crippen molar-refractivity contribution in [2.75, 3.05) is 19.1 Å². The highest BCUT2D eigenvalue weighted by Gasteiger charge is 2.05. The molecule has 1 N–H and O–H groups in total. The Kier molecular flexibility index (Phi) is 7.89. The van der Waals surface area contributed by atoms with Gasteiger partial charge in [-0.3, -0.25) is 5.43 Å². The van der Waals surface area contributed by atoms with E-state index in [1.165, 1.54) is 6.42 Å². The zero-order chi connectivity index (χ0) is 18.1. The van der Waals surface area contributed by atoms with Crippen LogP contribution in [0.4, 0.5) is 5.69 Å². The molecule has 0 heterocycles. The summed E-state index contributed by atoms with van der Waals surface area (Å²) in [7, 11) is 1.63. The average Bonchev–Trinajstić information content (AvgIpc) is 2.62. The molecule has 6 heteroatoms. The van der Waals surface area contributed by atoms with Crippen molar-refractivity contribution in [3.8, 4) is 11.5 Å². The number of rotatable bonds is 9. The van der Waals surface area contributed by atoms with E-state index in [2.05, 4.69) is 17.5 Å². The van der Waals surface area contributed by atoms with E-state index in [-0.39, 0.29) is 0 Å². The van der Waals surface area contributed by atoms with E-state index < -0.39 is 0 Å². The second-order valence-electron chi connectivity index (χ2n) is 5.46. The van der Waals surface area contributed by atoms with E-state index in [1.807, 2.05) is 18.2 Å². The van der Waals surface area contributed by atoms with Crippen LogP contribution >= 0.6 is 23.2 Å². The predicted octanol–water partition coefficient (Wildman–Crippen LogP) is 6.02. The molecule has 0 aromatic heterocycles.